The molecule has 0 atom stereocenters. The number of carbonyl (C=O) groups is 1. The van der Waals surface area contributed by atoms with E-state index < -0.39 is 0 Å². The number of para-hydroxylation sites is 1. The van der Waals surface area contributed by atoms with Gasteiger partial charge in [-0.2, -0.15) is 5.10 Å². The van der Waals surface area contributed by atoms with E-state index in [1.54, 1.807) is 22.5 Å². The van der Waals surface area contributed by atoms with Crippen LogP contribution >= 0.6 is 23.1 Å². The second kappa shape index (κ2) is 6.10. The Hall–Kier alpha value is -1.86. The number of nitrogens with zero attached hydrogens (tertiary/aromatic N) is 3. The lowest BCUT2D eigenvalue weighted by Crippen LogP contribution is -2.13. The molecule has 0 bridgehead atoms. The van der Waals surface area contributed by atoms with E-state index in [-0.39, 0.29) is 11.9 Å². The smallest absolute Gasteiger partial charge is 0.277 e. The van der Waals surface area contributed by atoms with Crippen molar-refractivity contribution in [1.29, 1.82) is 0 Å². The van der Waals surface area contributed by atoms with Crippen LogP contribution in [0.5, 0.6) is 0 Å². The van der Waals surface area contributed by atoms with E-state index in [1.807, 2.05) is 44.5 Å². The van der Waals surface area contributed by atoms with E-state index in [4.69, 9.17) is 0 Å². The molecule has 0 unspecified atom stereocenters. The summed E-state index contributed by atoms with van der Waals surface area (Å²) in [6.07, 6.45) is 3.83. The molecule has 2 aromatic heterocycles. The predicted molar refractivity (Wildman–Crippen MR) is 92.0 cm³/mol. The highest BCUT2D eigenvalue weighted by atomic mass is 32.2. The highest BCUT2D eigenvalue weighted by molar-refractivity contribution is 7.98. The summed E-state index contributed by atoms with van der Waals surface area (Å²) in [6.45, 7) is 4.04. The molecule has 0 aliphatic rings. The number of carbonyl (C=O) groups excluding carboxylic acids is 1. The van der Waals surface area contributed by atoms with Crippen LogP contribution in [0.1, 0.15) is 30.4 Å². The van der Waals surface area contributed by atoms with Gasteiger partial charge < -0.3 is 0 Å². The van der Waals surface area contributed by atoms with Crippen molar-refractivity contribution in [3.63, 3.8) is 0 Å². The summed E-state index contributed by atoms with van der Waals surface area (Å²) in [6, 6.07) is 7.99. The molecule has 0 fully saturated rings. The number of anilines is 1. The molecule has 3 rings (SSSR count). The molecule has 0 aliphatic heterocycles. The summed E-state index contributed by atoms with van der Waals surface area (Å²) in [7, 11) is 0. The lowest BCUT2D eigenvalue weighted by atomic mass is 10.3. The third kappa shape index (κ3) is 2.86. The van der Waals surface area contributed by atoms with Gasteiger partial charge in [0.1, 0.15) is 0 Å². The van der Waals surface area contributed by atoms with Crippen LogP contribution in [0.3, 0.4) is 0 Å². The SMILES string of the molecule is CSc1cccc2sc(NC(=O)c3ccn(C(C)C)n3)nc12. The average Bonchev–Trinajstić information content (AvgIpc) is 3.13. The molecule has 114 valence electrons. The molecule has 5 nitrogen and oxygen atoms in total. The van der Waals surface area contributed by atoms with Crippen LogP contribution in [-0.4, -0.2) is 26.9 Å². The Bertz CT molecular complexity index is 822. The van der Waals surface area contributed by atoms with Gasteiger partial charge in [-0.15, -0.1) is 11.8 Å². The maximum atomic E-state index is 12.3. The van der Waals surface area contributed by atoms with Crippen molar-refractivity contribution in [2.45, 2.75) is 24.8 Å². The quantitative estimate of drug-likeness (QED) is 0.732. The van der Waals surface area contributed by atoms with Crippen LogP contribution in [0.2, 0.25) is 0 Å². The van der Waals surface area contributed by atoms with E-state index in [9.17, 15) is 4.79 Å². The molecule has 0 radical (unpaired) electrons. The molecular weight excluding hydrogens is 316 g/mol. The molecule has 2 heterocycles. The van der Waals surface area contributed by atoms with Crippen molar-refractivity contribution in [2.24, 2.45) is 0 Å². The average molecular weight is 332 g/mol. The molecule has 1 aromatic carbocycles. The zero-order valence-corrected chi connectivity index (χ0v) is 14.2. The molecule has 1 amide bonds. The first-order valence-electron chi connectivity index (χ1n) is 6.88. The van der Waals surface area contributed by atoms with Gasteiger partial charge in [0.25, 0.3) is 5.91 Å². The fourth-order valence-corrected chi connectivity index (χ4v) is 3.57. The Balaban J connectivity index is 1.84. The van der Waals surface area contributed by atoms with Gasteiger partial charge in [0.15, 0.2) is 10.8 Å². The molecule has 0 saturated carbocycles. The van der Waals surface area contributed by atoms with Gasteiger partial charge in [-0.25, -0.2) is 4.98 Å². The van der Waals surface area contributed by atoms with Gasteiger partial charge >= 0.3 is 0 Å². The Morgan fingerprint density at radius 3 is 2.86 bits per heavy atom. The number of hydrogen-bond acceptors (Lipinski definition) is 5. The van der Waals surface area contributed by atoms with E-state index in [1.165, 1.54) is 11.3 Å². The minimum Gasteiger partial charge on any atom is -0.296 e. The van der Waals surface area contributed by atoms with Gasteiger partial charge in [0.2, 0.25) is 0 Å². The summed E-state index contributed by atoms with van der Waals surface area (Å²) >= 11 is 3.12. The number of thiazole rings is 1. The minimum absolute atomic E-state index is 0.230. The monoisotopic (exact) mass is 332 g/mol. The first-order valence-corrected chi connectivity index (χ1v) is 8.92. The zero-order chi connectivity index (χ0) is 15.7. The van der Waals surface area contributed by atoms with Crippen LogP contribution in [0.15, 0.2) is 35.4 Å². The summed E-state index contributed by atoms with van der Waals surface area (Å²) < 4.78 is 2.83. The number of amides is 1. The van der Waals surface area contributed by atoms with Crippen molar-refractivity contribution in [2.75, 3.05) is 11.6 Å². The van der Waals surface area contributed by atoms with Crippen molar-refractivity contribution < 1.29 is 4.79 Å². The number of nitrogens with one attached hydrogen (secondary N) is 1. The van der Waals surface area contributed by atoms with Crippen LogP contribution < -0.4 is 5.32 Å². The Morgan fingerprint density at radius 2 is 2.18 bits per heavy atom. The van der Waals surface area contributed by atoms with E-state index in [0.29, 0.717) is 10.8 Å². The molecule has 22 heavy (non-hydrogen) atoms. The van der Waals surface area contributed by atoms with Gasteiger partial charge in [-0.05, 0) is 38.3 Å². The number of hydrogen-bond donors (Lipinski definition) is 1. The van der Waals surface area contributed by atoms with E-state index >= 15 is 0 Å². The van der Waals surface area contributed by atoms with Crippen molar-refractivity contribution >= 4 is 44.4 Å². The minimum atomic E-state index is -0.232. The molecule has 7 heteroatoms. The second-order valence-corrected chi connectivity index (χ2v) is 6.93. The van der Waals surface area contributed by atoms with Crippen LogP contribution in [0.25, 0.3) is 10.2 Å². The zero-order valence-electron chi connectivity index (χ0n) is 12.5. The fourth-order valence-electron chi connectivity index (χ4n) is 2.05. The highest BCUT2D eigenvalue weighted by Crippen LogP contribution is 2.32. The molecule has 3 aromatic rings. The van der Waals surface area contributed by atoms with Crippen molar-refractivity contribution in [3.05, 3.63) is 36.2 Å². The van der Waals surface area contributed by atoms with Crippen molar-refractivity contribution in [1.82, 2.24) is 14.8 Å². The van der Waals surface area contributed by atoms with Gasteiger partial charge in [0, 0.05) is 17.1 Å². The lowest BCUT2D eigenvalue weighted by molar-refractivity contribution is 0.102. The summed E-state index contributed by atoms with van der Waals surface area (Å²) in [5, 5.41) is 7.70. The topological polar surface area (TPSA) is 59.8 Å². The van der Waals surface area contributed by atoms with Crippen LogP contribution in [0, 0.1) is 0 Å². The van der Waals surface area contributed by atoms with E-state index in [0.717, 1.165) is 15.1 Å². The maximum absolute atomic E-state index is 12.3. The van der Waals surface area contributed by atoms with Crippen molar-refractivity contribution in [3.8, 4) is 0 Å². The maximum Gasteiger partial charge on any atom is 0.277 e. The van der Waals surface area contributed by atoms with Gasteiger partial charge in [-0.1, -0.05) is 17.4 Å². The van der Waals surface area contributed by atoms with Gasteiger partial charge in [-0.3, -0.25) is 14.8 Å². The fraction of sp³-hybridized carbons (Fsp3) is 0.267. The molecule has 0 aliphatic carbocycles. The Morgan fingerprint density at radius 1 is 1.36 bits per heavy atom. The molecule has 1 N–H and O–H groups in total. The Labute approximate surface area is 136 Å². The number of benzene rings is 1. The third-order valence-corrected chi connectivity index (χ3v) is 4.90. The number of rotatable bonds is 4. The second-order valence-electron chi connectivity index (χ2n) is 5.05. The number of fused-ring (bicyclic) bond motifs is 1. The Kier molecular flexibility index (Phi) is 4.17. The third-order valence-electron chi connectivity index (χ3n) is 3.19. The lowest BCUT2D eigenvalue weighted by Gasteiger charge is -2.03. The molecule has 0 spiro atoms. The van der Waals surface area contributed by atoms with E-state index in [2.05, 4.69) is 15.4 Å². The summed E-state index contributed by atoms with van der Waals surface area (Å²) in [5.41, 5.74) is 1.33. The molecular formula is C15H16N4OS2. The standard InChI is InChI=1S/C15H16N4OS2/c1-9(2)19-8-7-10(18-19)14(20)17-15-16-13-11(21-3)5-4-6-12(13)22-15/h4-9H,1-3H3,(H,16,17,20). The summed E-state index contributed by atoms with van der Waals surface area (Å²) in [4.78, 5) is 17.9. The first-order chi connectivity index (χ1) is 10.6. The van der Waals surface area contributed by atoms with Gasteiger partial charge in [0.05, 0.1) is 10.2 Å². The first kappa shape index (κ1) is 15.1. The predicted octanol–water partition coefficient (Wildman–Crippen LogP) is 4.05. The molecule has 0 saturated heterocycles. The number of thioether (sulfide) groups is 1. The summed E-state index contributed by atoms with van der Waals surface area (Å²) in [5.74, 6) is -0.232. The van der Waals surface area contributed by atoms with Crippen LogP contribution in [0.4, 0.5) is 5.13 Å². The van der Waals surface area contributed by atoms with Crippen LogP contribution in [-0.2, 0) is 0 Å². The number of aromatic nitrogens is 3. The largest absolute Gasteiger partial charge is 0.296 e. The normalized spacial score (nSPS) is 11.3. The highest BCUT2D eigenvalue weighted by Gasteiger charge is 2.14.